The van der Waals surface area contributed by atoms with E-state index >= 15 is 0 Å². The predicted octanol–water partition coefficient (Wildman–Crippen LogP) is 15.1. The summed E-state index contributed by atoms with van der Waals surface area (Å²) in [4.78, 5) is 25.4. The number of aliphatic hydroxyl groups excluding tert-OH is 1. The van der Waals surface area contributed by atoms with Crippen molar-refractivity contribution in [3.05, 3.63) is 60.8 Å². The molecule has 8 nitrogen and oxygen atoms in total. The highest BCUT2D eigenvalue weighted by Gasteiger charge is 2.23. The van der Waals surface area contributed by atoms with E-state index in [4.69, 9.17) is 9.05 Å². The fourth-order valence-electron chi connectivity index (χ4n) is 7.54. The molecule has 0 aliphatic heterocycles. The Hall–Kier alpha value is -1.80. The summed E-state index contributed by atoms with van der Waals surface area (Å²) in [6.07, 6.45) is 61.5. The number of allylic oxidation sites excluding steroid dienone is 9. The van der Waals surface area contributed by atoms with Crippen molar-refractivity contribution in [2.75, 3.05) is 40.9 Å². The van der Waals surface area contributed by atoms with Crippen LogP contribution in [0, 0.1) is 0 Å². The molecule has 1 amide bonds. The summed E-state index contributed by atoms with van der Waals surface area (Å²) >= 11 is 0. The van der Waals surface area contributed by atoms with Crippen LogP contribution in [-0.2, 0) is 18.4 Å². The summed E-state index contributed by atoms with van der Waals surface area (Å²) in [6.45, 7) is 4.52. The number of nitrogens with zero attached hydrogens (tertiary/aromatic N) is 1. The normalized spacial score (nSPS) is 14.5. The first-order valence-corrected chi connectivity index (χ1v) is 28.1. The molecule has 0 spiro atoms. The maximum Gasteiger partial charge on any atom is 0.268 e. The quantitative estimate of drug-likeness (QED) is 0.0272. The fraction of sp³-hybridized carbons (Fsp3) is 0.800. The molecule has 9 heteroatoms. The molecule has 3 unspecified atom stereocenters. The van der Waals surface area contributed by atoms with Crippen molar-refractivity contribution in [2.45, 2.75) is 244 Å². The SMILES string of the molecule is CC/C=C\C/C=C\C/C=C\CCCCCCCCCC(=O)NC(COP(=O)([O-])OCC[N+](C)(C)C)C(O)/C=C/CC/C=C/CCCCCCCCCCCCCCCCCCCCC. The molecule has 3 atom stereocenters. The van der Waals surface area contributed by atoms with Gasteiger partial charge in [0.15, 0.2) is 0 Å². The van der Waals surface area contributed by atoms with Gasteiger partial charge in [-0.2, -0.15) is 0 Å². The highest BCUT2D eigenvalue weighted by Crippen LogP contribution is 2.38. The lowest BCUT2D eigenvalue weighted by Crippen LogP contribution is -2.45. The number of aliphatic hydroxyl groups is 1. The molecule has 64 heavy (non-hydrogen) atoms. The number of rotatable bonds is 48. The van der Waals surface area contributed by atoms with Gasteiger partial charge in [0.1, 0.15) is 13.2 Å². The number of carbonyl (C=O) groups is 1. The van der Waals surface area contributed by atoms with E-state index in [2.05, 4.69) is 67.8 Å². The van der Waals surface area contributed by atoms with Crippen molar-refractivity contribution in [1.29, 1.82) is 0 Å². The summed E-state index contributed by atoms with van der Waals surface area (Å²) in [7, 11) is 1.23. The zero-order valence-corrected chi connectivity index (χ0v) is 43.4. The lowest BCUT2D eigenvalue weighted by molar-refractivity contribution is -0.870. The van der Waals surface area contributed by atoms with Gasteiger partial charge in [-0.15, -0.1) is 0 Å². The first-order valence-electron chi connectivity index (χ1n) is 26.7. The second kappa shape index (κ2) is 46.3. The molecule has 0 aromatic carbocycles. The first-order chi connectivity index (χ1) is 31.0. The van der Waals surface area contributed by atoms with Crippen molar-refractivity contribution >= 4 is 13.7 Å². The van der Waals surface area contributed by atoms with Crippen LogP contribution in [0.4, 0.5) is 0 Å². The number of phosphoric ester groups is 1. The summed E-state index contributed by atoms with van der Waals surface area (Å²) in [5.74, 6) is -0.218. The molecular weight excluding hydrogens is 816 g/mol. The largest absolute Gasteiger partial charge is 0.756 e. The summed E-state index contributed by atoms with van der Waals surface area (Å²) < 4.78 is 23.3. The summed E-state index contributed by atoms with van der Waals surface area (Å²) in [5, 5.41) is 13.8. The minimum absolute atomic E-state index is 0.0106. The number of phosphoric acid groups is 1. The smallest absolute Gasteiger partial charge is 0.268 e. The third-order valence-electron chi connectivity index (χ3n) is 11.7. The molecule has 0 aliphatic carbocycles. The standard InChI is InChI=1S/C55H103N2O6P/c1-6-8-10-12-14-16-18-20-22-24-25-26-27-28-29-30-31-33-34-36-38-40-42-44-46-48-54(58)53(52-63-64(60,61)62-51-50-57(3,4)5)56-55(59)49-47-45-43-41-39-37-35-32-23-21-19-17-15-13-11-9-7-2/h9,11,15,17,21,23,38,40,46,48,53-54,58H,6-8,10,12-14,16,18-20,22,24-37,39,41-45,47,49-52H2,1-5H3,(H-,56,59,60,61)/b11-9-,17-15-,23-21-,40-38+,48-46+. The zero-order valence-electron chi connectivity index (χ0n) is 42.5. The monoisotopic (exact) mass is 919 g/mol. The van der Waals surface area contributed by atoms with Crippen LogP contribution in [0.3, 0.4) is 0 Å². The maximum atomic E-state index is 12.9. The number of nitrogens with one attached hydrogen (secondary N) is 1. The Morgan fingerprint density at radius 1 is 0.562 bits per heavy atom. The minimum Gasteiger partial charge on any atom is -0.756 e. The van der Waals surface area contributed by atoms with Gasteiger partial charge in [0.25, 0.3) is 7.82 Å². The molecule has 0 aromatic heterocycles. The van der Waals surface area contributed by atoms with E-state index < -0.39 is 26.6 Å². The summed E-state index contributed by atoms with van der Waals surface area (Å²) in [6, 6.07) is -0.911. The van der Waals surface area contributed by atoms with Crippen LogP contribution in [0.2, 0.25) is 0 Å². The minimum atomic E-state index is -4.61. The third kappa shape index (κ3) is 48.1. The van der Waals surface area contributed by atoms with E-state index in [1.54, 1.807) is 6.08 Å². The van der Waals surface area contributed by atoms with E-state index in [0.717, 1.165) is 70.6 Å². The second-order valence-electron chi connectivity index (χ2n) is 19.2. The Morgan fingerprint density at radius 2 is 0.969 bits per heavy atom. The second-order valence-corrected chi connectivity index (χ2v) is 20.6. The van der Waals surface area contributed by atoms with E-state index in [9.17, 15) is 19.4 Å². The number of amides is 1. The van der Waals surface area contributed by atoms with Gasteiger partial charge in [-0.05, 0) is 64.2 Å². The van der Waals surface area contributed by atoms with Gasteiger partial charge in [0.05, 0.1) is 39.9 Å². The van der Waals surface area contributed by atoms with E-state index in [1.807, 2.05) is 27.2 Å². The van der Waals surface area contributed by atoms with Gasteiger partial charge < -0.3 is 28.8 Å². The van der Waals surface area contributed by atoms with Crippen LogP contribution < -0.4 is 10.2 Å². The number of carbonyl (C=O) groups excluding carboxylic acids is 1. The average molecular weight is 919 g/mol. The van der Waals surface area contributed by atoms with Gasteiger partial charge in [-0.3, -0.25) is 9.36 Å². The van der Waals surface area contributed by atoms with Gasteiger partial charge in [-0.25, -0.2) is 0 Å². The Labute approximate surface area is 396 Å². The van der Waals surface area contributed by atoms with Crippen molar-refractivity contribution in [2.24, 2.45) is 0 Å². The highest BCUT2D eigenvalue weighted by atomic mass is 31.2. The number of unbranched alkanes of at least 4 members (excludes halogenated alkanes) is 27. The third-order valence-corrected chi connectivity index (χ3v) is 12.7. The lowest BCUT2D eigenvalue weighted by Gasteiger charge is -2.29. The molecule has 0 aliphatic rings. The fourth-order valence-corrected chi connectivity index (χ4v) is 8.26. The summed E-state index contributed by atoms with van der Waals surface area (Å²) in [5.41, 5.74) is 0. The molecule has 0 bridgehead atoms. The Morgan fingerprint density at radius 3 is 1.45 bits per heavy atom. The van der Waals surface area contributed by atoms with Crippen LogP contribution in [0.15, 0.2) is 60.8 Å². The van der Waals surface area contributed by atoms with E-state index in [0.29, 0.717) is 17.4 Å². The van der Waals surface area contributed by atoms with E-state index in [1.165, 1.54) is 141 Å². The van der Waals surface area contributed by atoms with Crippen LogP contribution in [0.1, 0.15) is 232 Å². The molecule has 0 heterocycles. The van der Waals surface area contributed by atoms with Gasteiger partial charge in [0, 0.05) is 6.42 Å². The molecular formula is C55H103N2O6P. The molecule has 0 saturated carbocycles. The number of quaternary nitrogens is 1. The molecule has 2 N–H and O–H groups in total. The Kier molecular flexibility index (Phi) is 45.0. The first kappa shape index (κ1) is 62.2. The van der Waals surface area contributed by atoms with Crippen molar-refractivity contribution in [1.82, 2.24) is 5.32 Å². The average Bonchev–Trinajstić information content (AvgIpc) is 3.25. The molecule has 0 radical (unpaired) electrons. The van der Waals surface area contributed by atoms with Crippen molar-refractivity contribution in [3.63, 3.8) is 0 Å². The topological polar surface area (TPSA) is 108 Å². The maximum absolute atomic E-state index is 12.9. The molecule has 0 rings (SSSR count). The molecule has 374 valence electrons. The molecule has 0 aromatic rings. The van der Waals surface area contributed by atoms with Crippen LogP contribution in [-0.4, -0.2) is 68.5 Å². The van der Waals surface area contributed by atoms with Crippen molar-refractivity contribution < 1.29 is 32.9 Å². The molecule has 0 fully saturated rings. The lowest BCUT2D eigenvalue weighted by atomic mass is 10.0. The molecule has 0 saturated heterocycles. The van der Waals surface area contributed by atoms with E-state index in [-0.39, 0.29) is 12.5 Å². The number of hydrogen-bond donors (Lipinski definition) is 2. The van der Waals surface area contributed by atoms with Crippen LogP contribution >= 0.6 is 7.82 Å². The zero-order chi connectivity index (χ0) is 47.1. The number of hydrogen-bond acceptors (Lipinski definition) is 6. The highest BCUT2D eigenvalue weighted by molar-refractivity contribution is 7.45. The Balaban J connectivity index is 4.31. The van der Waals surface area contributed by atoms with Crippen LogP contribution in [0.25, 0.3) is 0 Å². The Bertz CT molecular complexity index is 1230. The van der Waals surface area contributed by atoms with Gasteiger partial charge in [-0.1, -0.05) is 222 Å². The van der Waals surface area contributed by atoms with Gasteiger partial charge >= 0.3 is 0 Å². The van der Waals surface area contributed by atoms with Crippen LogP contribution in [0.5, 0.6) is 0 Å². The number of likely N-dealkylation sites (N-methyl/N-ethyl adjacent to an activating group) is 1. The van der Waals surface area contributed by atoms with Gasteiger partial charge in [0.2, 0.25) is 5.91 Å². The van der Waals surface area contributed by atoms with Crippen molar-refractivity contribution in [3.8, 4) is 0 Å². The predicted molar refractivity (Wildman–Crippen MR) is 274 cm³/mol.